The summed E-state index contributed by atoms with van der Waals surface area (Å²) in [7, 11) is 0. The summed E-state index contributed by atoms with van der Waals surface area (Å²) in [6, 6.07) is 19.4. The predicted molar refractivity (Wildman–Crippen MR) is 136 cm³/mol. The number of thiazole rings is 1. The number of hydrogen-bond acceptors (Lipinski definition) is 6. The van der Waals surface area contributed by atoms with Crippen LogP contribution in [0.15, 0.2) is 77.5 Å². The van der Waals surface area contributed by atoms with Crippen LogP contribution in [0.1, 0.15) is 22.9 Å². The van der Waals surface area contributed by atoms with E-state index in [9.17, 15) is 14.7 Å². The molecule has 4 rings (SSSR count). The van der Waals surface area contributed by atoms with Gasteiger partial charge in [-0.2, -0.15) is 0 Å². The Balaban J connectivity index is 1.58. The largest absolute Gasteiger partial charge is 0.465 e. The molecule has 34 heavy (non-hydrogen) atoms. The van der Waals surface area contributed by atoms with Crippen molar-refractivity contribution in [2.75, 3.05) is 5.73 Å². The Labute approximate surface area is 205 Å². The third-order valence-corrected chi connectivity index (χ3v) is 7.14. The second kappa shape index (κ2) is 11.0. The lowest BCUT2D eigenvalue weighted by molar-refractivity contribution is -0.123. The number of amides is 2. The molecule has 2 atom stereocenters. The van der Waals surface area contributed by atoms with E-state index >= 15 is 0 Å². The van der Waals surface area contributed by atoms with Crippen LogP contribution in [0.3, 0.4) is 0 Å². The minimum absolute atomic E-state index is 0.241. The van der Waals surface area contributed by atoms with Gasteiger partial charge in [-0.1, -0.05) is 48.5 Å². The summed E-state index contributed by atoms with van der Waals surface area (Å²) in [5.41, 5.74) is 9.05. The van der Waals surface area contributed by atoms with Crippen molar-refractivity contribution < 1.29 is 14.7 Å². The number of thiophene rings is 1. The van der Waals surface area contributed by atoms with Crippen LogP contribution in [0.2, 0.25) is 0 Å². The second-order valence-corrected chi connectivity index (χ2v) is 9.56. The first kappa shape index (κ1) is 23.5. The molecular weight excluding hydrogens is 468 g/mol. The number of carboxylic acid groups (broad SMARTS) is 1. The van der Waals surface area contributed by atoms with E-state index in [1.165, 1.54) is 11.3 Å². The van der Waals surface area contributed by atoms with Crippen LogP contribution in [-0.2, 0) is 17.6 Å². The van der Waals surface area contributed by atoms with Gasteiger partial charge >= 0.3 is 6.09 Å². The molecule has 0 aliphatic heterocycles. The maximum absolute atomic E-state index is 13.3. The summed E-state index contributed by atoms with van der Waals surface area (Å²) in [5, 5.41) is 19.5. The number of anilines is 1. The highest BCUT2D eigenvalue weighted by Crippen LogP contribution is 2.30. The van der Waals surface area contributed by atoms with Crippen molar-refractivity contribution in [3.05, 3.63) is 94.3 Å². The minimum Gasteiger partial charge on any atom is -0.465 e. The van der Waals surface area contributed by atoms with Gasteiger partial charge in [0.25, 0.3) is 0 Å². The second-order valence-electron chi connectivity index (χ2n) is 7.75. The zero-order chi connectivity index (χ0) is 23.9. The Morgan fingerprint density at radius 3 is 2.32 bits per heavy atom. The lowest BCUT2D eigenvalue weighted by Crippen LogP contribution is -2.48. The van der Waals surface area contributed by atoms with Gasteiger partial charge in [0, 0.05) is 17.5 Å². The number of carbonyl (C=O) groups excluding carboxylic acids is 1. The van der Waals surface area contributed by atoms with Crippen LogP contribution in [-0.4, -0.2) is 28.1 Å². The molecule has 0 fully saturated rings. The number of hydrogen-bond donors (Lipinski definition) is 4. The molecule has 1 unspecified atom stereocenters. The molecule has 0 aliphatic carbocycles. The summed E-state index contributed by atoms with van der Waals surface area (Å²) in [5.74, 6) is -0.405. The highest BCUT2D eigenvalue weighted by molar-refractivity contribution is 7.20. The van der Waals surface area contributed by atoms with Crippen molar-refractivity contribution in [2.45, 2.75) is 24.9 Å². The summed E-state index contributed by atoms with van der Waals surface area (Å²) in [6.45, 7) is 0. The number of carbonyl (C=O) groups is 2. The molecule has 0 aliphatic rings. The number of nitrogen functional groups attached to an aromatic ring is 1. The molecule has 0 radical (unpaired) electrons. The molecule has 0 saturated heterocycles. The van der Waals surface area contributed by atoms with Crippen molar-refractivity contribution in [3.8, 4) is 9.88 Å². The fourth-order valence-electron chi connectivity index (χ4n) is 3.56. The van der Waals surface area contributed by atoms with Gasteiger partial charge in [0.2, 0.25) is 5.91 Å². The van der Waals surface area contributed by atoms with E-state index in [1.807, 2.05) is 77.5 Å². The average Bonchev–Trinajstić information content (AvgIpc) is 3.52. The Morgan fingerprint density at radius 2 is 1.65 bits per heavy atom. The molecule has 2 heterocycles. The molecule has 9 heteroatoms. The van der Waals surface area contributed by atoms with Crippen LogP contribution < -0.4 is 16.4 Å². The molecule has 174 valence electrons. The van der Waals surface area contributed by atoms with Crippen LogP contribution in [0.4, 0.5) is 10.5 Å². The Hall–Kier alpha value is -3.69. The van der Waals surface area contributed by atoms with E-state index in [1.54, 1.807) is 11.3 Å². The van der Waals surface area contributed by atoms with E-state index in [2.05, 4.69) is 10.6 Å². The van der Waals surface area contributed by atoms with Gasteiger partial charge in [-0.15, -0.1) is 22.7 Å². The van der Waals surface area contributed by atoms with Crippen molar-refractivity contribution in [2.24, 2.45) is 0 Å². The van der Waals surface area contributed by atoms with Crippen molar-refractivity contribution in [1.29, 1.82) is 0 Å². The summed E-state index contributed by atoms with van der Waals surface area (Å²) >= 11 is 3.12. The SMILES string of the molecule is Nc1ccc(C[C@H](NC(=O)C(Cc2ccccc2)NC(=O)O)c2csc(-c3cccs3)n2)cc1. The third-order valence-electron chi connectivity index (χ3n) is 5.24. The summed E-state index contributed by atoms with van der Waals surface area (Å²) in [6.07, 6.45) is -0.518. The van der Waals surface area contributed by atoms with E-state index in [0.717, 1.165) is 26.7 Å². The van der Waals surface area contributed by atoms with Crippen LogP contribution in [0.25, 0.3) is 9.88 Å². The van der Waals surface area contributed by atoms with E-state index in [0.29, 0.717) is 12.1 Å². The topological polar surface area (TPSA) is 117 Å². The third kappa shape index (κ3) is 6.21. The summed E-state index contributed by atoms with van der Waals surface area (Å²) in [4.78, 5) is 30.5. The minimum atomic E-state index is -1.25. The van der Waals surface area contributed by atoms with Gasteiger partial charge in [0.05, 0.1) is 16.6 Å². The first-order valence-electron chi connectivity index (χ1n) is 10.7. The number of aromatic nitrogens is 1. The fourth-order valence-corrected chi connectivity index (χ4v) is 5.25. The maximum Gasteiger partial charge on any atom is 0.405 e. The van der Waals surface area contributed by atoms with Gasteiger partial charge in [0.15, 0.2) is 0 Å². The van der Waals surface area contributed by atoms with Gasteiger partial charge < -0.3 is 21.5 Å². The zero-order valence-corrected chi connectivity index (χ0v) is 19.8. The Bertz CT molecular complexity index is 1220. The molecule has 7 nitrogen and oxygen atoms in total. The Morgan fingerprint density at radius 1 is 0.912 bits per heavy atom. The number of nitrogens with two attached hydrogens (primary N) is 1. The lowest BCUT2D eigenvalue weighted by Gasteiger charge is -2.22. The normalized spacial score (nSPS) is 12.6. The zero-order valence-electron chi connectivity index (χ0n) is 18.2. The fraction of sp³-hybridized carbons (Fsp3) is 0.160. The van der Waals surface area contributed by atoms with Crippen LogP contribution >= 0.6 is 22.7 Å². The van der Waals surface area contributed by atoms with Gasteiger partial charge in [-0.3, -0.25) is 4.79 Å². The molecule has 0 bridgehead atoms. The van der Waals surface area contributed by atoms with Gasteiger partial charge in [-0.25, -0.2) is 9.78 Å². The van der Waals surface area contributed by atoms with Gasteiger partial charge in [-0.05, 0) is 41.1 Å². The van der Waals surface area contributed by atoms with E-state index < -0.39 is 24.1 Å². The first-order chi connectivity index (χ1) is 16.5. The Kier molecular flexibility index (Phi) is 7.56. The lowest BCUT2D eigenvalue weighted by atomic mass is 10.0. The molecular formula is C25H24N4O3S2. The average molecular weight is 493 g/mol. The van der Waals surface area contributed by atoms with Gasteiger partial charge in [0.1, 0.15) is 11.0 Å². The standard InChI is InChI=1S/C25H24N4O3S2/c26-18-10-8-17(9-11-18)13-19(21-15-34-24(28-21)22-7-4-12-33-22)27-23(30)20(29-25(31)32)14-16-5-2-1-3-6-16/h1-12,15,19-20,29H,13-14,26H2,(H,27,30)(H,31,32)/t19-,20?/m0/s1. The highest BCUT2D eigenvalue weighted by atomic mass is 32.1. The van der Waals surface area contributed by atoms with Crippen molar-refractivity contribution in [1.82, 2.24) is 15.6 Å². The van der Waals surface area contributed by atoms with Crippen molar-refractivity contribution >= 4 is 40.4 Å². The molecule has 0 spiro atoms. The molecule has 2 aromatic carbocycles. The number of nitrogens with one attached hydrogen (secondary N) is 2. The molecule has 4 aromatic rings. The smallest absolute Gasteiger partial charge is 0.405 e. The molecule has 5 N–H and O–H groups in total. The quantitative estimate of drug-likeness (QED) is 0.252. The predicted octanol–water partition coefficient (Wildman–Crippen LogP) is 4.73. The number of rotatable bonds is 9. The van der Waals surface area contributed by atoms with E-state index in [-0.39, 0.29) is 6.42 Å². The maximum atomic E-state index is 13.3. The number of benzene rings is 2. The molecule has 2 amide bonds. The van der Waals surface area contributed by atoms with Crippen LogP contribution in [0, 0.1) is 0 Å². The first-order valence-corrected chi connectivity index (χ1v) is 12.4. The molecule has 0 saturated carbocycles. The van der Waals surface area contributed by atoms with Crippen LogP contribution in [0.5, 0.6) is 0 Å². The summed E-state index contributed by atoms with van der Waals surface area (Å²) < 4.78 is 0. The van der Waals surface area contributed by atoms with E-state index in [4.69, 9.17) is 10.7 Å². The monoisotopic (exact) mass is 492 g/mol. The van der Waals surface area contributed by atoms with Crippen molar-refractivity contribution in [3.63, 3.8) is 0 Å². The molecule has 2 aromatic heterocycles. The number of nitrogens with zero attached hydrogens (tertiary/aromatic N) is 1. The highest BCUT2D eigenvalue weighted by Gasteiger charge is 2.26.